The fourth-order valence-electron chi connectivity index (χ4n) is 3.79. The average Bonchev–Trinajstić information content (AvgIpc) is 3.01. The molecule has 1 saturated heterocycles. The summed E-state index contributed by atoms with van der Waals surface area (Å²) < 4.78 is 5.86. The molecule has 1 aromatic heterocycles. The lowest BCUT2D eigenvalue weighted by Gasteiger charge is -2.43. The molecule has 1 N–H and O–H groups in total. The van der Waals surface area contributed by atoms with E-state index >= 15 is 0 Å². The van der Waals surface area contributed by atoms with Crippen molar-refractivity contribution in [3.05, 3.63) is 23.8 Å². The number of aromatic amines is 1. The number of amides is 1. The molecule has 0 spiro atoms. The van der Waals surface area contributed by atoms with Crippen molar-refractivity contribution in [2.45, 2.75) is 49.9 Å². The summed E-state index contributed by atoms with van der Waals surface area (Å²) in [7, 11) is 0. The molecule has 6 heteroatoms. The first-order valence-electron chi connectivity index (χ1n) is 8.71. The zero-order valence-electron chi connectivity index (χ0n) is 14.0. The number of hydrogen-bond donors (Lipinski definition) is 1. The number of morpholine rings is 1. The predicted molar refractivity (Wildman–Crippen MR) is 95.3 cm³/mol. The highest BCUT2D eigenvalue weighted by atomic mass is 32.2. The molecule has 1 aromatic carbocycles. The number of H-pyrrole nitrogens is 1. The number of carbonyl (C=O) groups is 1. The SMILES string of the molecule is Cc1ccc2nc(SCC(=O)N3CCO[C@@H]4CCCC[C@H]43)[nH]c2c1. The molecule has 2 aromatic rings. The van der Waals surface area contributed by atoms with Crippen LogP contribution in [0.2, 0.25) is 0 Å². The molecule has 1 aliphatic heterocycles. The number of aryl methyl sites for hydroxylation is 1. The maximum absolute atomic E-state index is 12.7. The van der Waals surface area contributed by atoms with Crippen molar-refractivity contribution in [2.24, 2.45) is 0 Å². The Kier molecular flexibility index (Phi) is 4.50. The molecular formula is C18H23N3O2S. The minimum atomic E-state index is 0.205. The van der Waals surface area contributed by atoms with Gasteiger partial charge in [-0.15, -0.1) is 0 Å². The number of rotatable bonds is 3. The summed E-state index contributed by atoms with van der Waals surface area (Å²) in [4.78, 5) is 22.6. The minimum absolute atomic E-state index is 0.205. The number of thioether (sulfide) groups is 1. The van der Waals surface area contributed by atoms with Crippen LogP contribution in [0.15, 0.2) is 23.4 Å². The first kappa shape index (κ1) is 16.0. The van der Waals surface area contributed by atoms with Crippen LogP contribution in [-0.2, 0) is 9.53 Å². The lowest BCUT2D eigenvalue weighted by atomic mass is 9.90. The van der Waals surface area contributed by atoms with Gasteiger partial charge in [0.05, 0.1) is 35.5 Å². The van der Waals surface area contributed by atoms with Crippen LogP contribution in [0.3, 0.4) is 0 Å². The van der Waals surface area contributed by atoms with E-state index in [9.17, 15) is 4.79 Å². The first-order valence-corrected chi connectivity index (χ1v) is 9.69. The molecular weight excluding hydrogens is 322 g/mol. The van der Waals surface area contributed by atoms with Gasteiger partial charge in [0.15, 0.2) is 5.16 Å². The van der Waals surface area contributed by atoms with Crippen molar-refractivity contribution in [1.29, 1.82) is 0 Å². The van der Waals surface area contributed by atoms with Gasteiger partial charge in [0.1, 0.15) is 0 Å². The Morgan fingerprint density at radius 2 is 2.29 bits per heavy atom. The smallest absolute Gasteiger partial charge is 0.233 e. The van der Waals surface area contributed by atoms with Crippen molar-refractivity contribution in [3.63, 3.8) is 0 Å². The van der Waals surface area contributed by atoms with E-state index in [1.165, 1.54) is 30.2 Å². The van der Waals surface area contributed by atoms with Crippen LogP contribution in [0.25, 0.3) is 11.0 Å². The number of hydrogen-bond acceptors (Lipinski definition) is 4. The van der Waals surface area contributed by atoms with Gasteiger partial charge in [-0.1, -0.05) is 30.7 Å². The van der Waals surface area contributed by atoms with Crippen LogP contribution in [0.5, 0.6) is 0 Å². The lowest BCUT2D eigenvalue weighted by molar-refractivity contribution is -0.146. The Hall–Kier alpha value is -1.53. The number of nitrogens with one attached hydrogen (secondary N) is 1. The maximum atomic E-state index is 12.7. The normalized spacial score (nSPS) is 24.1. The summed E-state index contributed by atoms with van der Waals surface area (Å²) in [6.07, 6.45) is 4.83. The van der Waals surface area contributed by atoms with E-state index in [0.29, 0.717) is 12.4 Å². The molecule has 2 atom stereocenters. The number of nitrogens with zero attached hydrogens (tertiary/aromatic N) is 2. The Balaban J connectivity index is 1.41. The molecule has 24 heavy (non-hydrogen) atoms. The molecule has 5 nitrogen and oxygen atoms in total. The van der Waals surface area contributed by atoms with Gasteiger partial charge >= 0.3 is 0 Å². The standard InChI is InChI=1S/C18H23N3O2S/c1-12-6-7-13-14(10-12)20-18(19-13)24-11-17(22)21-8-9-23-16-5-3-2-4-15(16)21/h6-7,10,15-16H,2-5,8-9,11H2,1H3,(H,19,20)/t15-,16-/m1/s1. The molecule has 2 aliphatic rings. The second-order valence-electron chi connectivity index (χ2n) is 6.70. The number of fused-ring (bicyclic) bond motifs is 2. The molecule has 1 aliphatic carbocycles. The highest BCUT2D eigenvalue weighted by Gasteiger charge is 2.36. The van der Waals surface area contributed by atoms with Gasteiger partial charge in [0.2, 0.25) is 5.91 Å². The highest BCUT2D eigenvalue weighted by Crippen LogP contribution is 2.29. The third-order valence-electron chi connectivity index (χ3n) is 5.00. The van der Waals surface area contributed by atoms with Crippen molar-refractivity contribution in [3.8, 4) is 0 Å². The molecule has 0 unspecified atom stereocenters. The monoisotopic (exact) mass is 345 g/mol. The van der Waals surface area contributed by atoms with Gasteiger partial charge in [-0.05, 0) is 37.5 Å². The van der Waals surface area contributed by atoms with Gasteiger partial charge in [-0.25, -0.2) is 4.98 Å². The molecule has 0 bridgehead atoms. The van der Waals surface area contributed by atoms with E-state index in [-0.39, 0.29) is 18.1 Å². The Morgan fingerprint density at radius 1 is 1.42 bits per heavy atom. The Labute approximate surface area is 146 Å². The molecule has 2 fully saturated rings. The van der Waals surface area contributed by atoms with Crippen molar-refractivity contribution >= 4 is 28.7 Å². The van der Waals surface area contributed by atoms with Gasteiger partial charge in [-0.3, -0.25) is 4.79 Å². The number of benzene rings is 1. The largest absolute Gasteiger partial charge is 0.374 e. The summed E-state index contributed by atoms with van der Waals surface area (Å²) in [6.45, 7) is 3.46. The topological polar surface area (TPSA) is 58.2 Å². The fourth-order valence-corrected chi connectivity index (χ4v) is 4.56. The summed E-state index contributed by atoms with van der Waals surface area (Å²) in [6, 6.07) is 6.43. The molecule has 0 radical (unpaired) electrons. The quantitative estimate of drug-likeness (QED) is 0.868. The van der Waals surface area contributed by atoms with Crippen molar-refractivity contribution in [2.75, 3.05) is 18.9 Å². The van der Waals surface area contributed by atoms with E-state index in [2.05, 4.69) is 29.0 Å². The van der Waals surface area contributed by atoms with Crippen molar-refractivity contribution in [1.82, 2.24) is 14.9 Å². The summed E-state index contributed by atoms with van der Waals surface area (Å²) in [5.41, 5.74) is 3.19. The molecule has 2 heterocycles. The predicted octanol–water partition coefficient (Wildman–Crippen LogP) is 3.13. The lowest BCUT2D eigenvalue weighted by Crippen LogP contribution is -2.55. The summed E-state index contributed by atoms with van der Waals surface area (Å²) in [5, 5.41) is 0.817. The first-order chi connectivity index (χ1) is 11.7. The van der Waals surface area contributed by atoms with E-state index in [1.807, 2.05) is 11.0 Å². The summed E-state index contributed by atoms with van der Waals surface area (Å²) in [5.74, 6) is 0.638. The van der Waals surface area contributed by atoms with Gasteiger partial charge in [0, 0.05) is 6.54 Å². The highest BCUT2D eigenvalue weighted by molar-refractivity contribution is 7.99. The molecule has 1 saturated carbocycles. The molecule has 4 rings (SSSR count). The van der Waals surface area contributed by atoms with Crippen LogP contribution >= 0.6 is 11.8 Å². The van der Waals surface area contributed by atoms with Crippen LogP contribution < -0.4 is 0 Å². The number of carbonyl (C=O) groups excluding carboxylic acids is 1. The van der Waals surface area contributed by atoms with Crippen LogP contribution in [-0.4, -0.2) is 51.8 Å². The Bertz CT molecular complexity index is 743. The second-order valence-corrected chi connectivity index (χ2v) is 7.66. The van der Waals surface area contributed by atoms with Crippen molar-refractivity contribution < 1.29 is 9.53 Å². The third-order valence-corrected chi connectivity index (χ3v) is 5.86. The van der Waals surface area contributed by atoms with E-state index in [1.54, 1.807) is 0 Å². The fraction of sp³-hybridized carbons (Fsp3) is 0.556. The molecule has 1 amide bonds. The second kappa shape index (κ2) is 6.76. The zero-order chi connectivity index (χ0) is 16.5. The number of aromatic nitrogens is 2. The average molecular weight is 345 g/mol. The minimum Gasteiger partial charge on any atom is -0.374 e. The number of ether oxygens (including phenoxy) is 1. The van der Waals surface area contributed by atoms with Gasteiger partial charge in [-0.2, -0.15) is 0 Å². The summed E-state index contributed by atoms with van der Waals surface area (Å²) >= 11 is 1.49. The number of imidazole rings is 1. The van der Waals surface area contributed by atoms with Crippen LogP contribution in [0.4, 0.5) is 0 Å². The third kappa shape index (κ3) is 3.17. The maximum Gasteiger partial charge on any atom is 0.233 e. The van der Waals surface area contributed by atoms with Crippen LogP contribution in [0.1, 0.15) is 31.2 Å². The van der Waals surface area contributed by atoms with Crippen LogP contribution in [0, 0.1) is 6.92 Å². The van der Waals surface area contributed by atoms with Gasteiger partial charge in [0.25, 0.3) is 0 Å². The Morgan fingerprint density at radius 3 is 3.21 bits per heavy atom. The van der Waals surface area contributed by atoms with E-state index < -0.39 is 0 Å². The van der Waals surface area contributed by atoms with E-state index in [4.69, 9.17) is 4.74 Å². The van der Waals surface area contributed by atoms with Gasteiger partial charge < -0.3 is 14.6 Å². The molecule has 128 valence electrons. The zero-order valence-corrected chi connectivity index (χ0v) is 14.8. The van der Waals surface area contributed by atoms with E-state index in [0.717, 1.165) is 35.6 Å².